The lowest BCUT2D eigenvalue weighted by Crippen LogP contribution is -2.01. The molecule has 2 aromatic heterocycles. The van der Waals surface area contributed by atoms with Crippen molar-refractivity contribution in [3.05, 3.63) is 66.1 Å². The van der Waals surface area contributed by atoms with Gasteiger partial charge in [0.05, 0.1) is 23.9 Å². The first-order chi connectivity index (χ1) is 13.2. The number of ether oxygens (including phenoxy) is 1. The predicted octanol–water partition coefficient (Wildman–Crippen LogP) is 4.57. The molecule has 0 spiro atoms. The molecule has 4 rings (SSSR count). The Balaban J connectivity index is 1.70. The van der Waals surface area contributed by atoms with Gasteiger partial charge in [0, 0.05) is 5.69 Å². The van der Waals surface area contributed by atoms with Crippen molar-refractivity contribution in [2.24, 2.45) is 0 Å². The number of fused-ring (bicyclic) bond motifs is 1. The van der Waals surface area contributed by atoms with Gasteiger partial charge in [-0.15, -0.1) is 0 Å². The van der Waals surface area contributed by atoms with Gasteiger partial charge in [0.15, 0.2) is 5.65 Å². The van der Waals surface area contributed by atoms with Gasteiger partial charge in [0.25, 0.3) is 0 Å². The van der Waals surface area contributed by atoms with Gasteiger partial charge in [-0.25, -0.2) is 14.6 Å². The number of aryl methyl sites for hydroxylation is 2. The molecule has 136 valence electrons. The molecule has 2 aromatic carbocycles. The van der Waals surface area contributed by atoms with Crippen molar-refractivity contribution in [2.45, 2.75) is 20.8 Å². The highest BCUT2D eigenvalue weighted by Crippen LogP contribution is 2.26. The van der Waals surface area contributed by atoms with Crippen molar-refractivity contribution in [2.75, 3.05) is 11.9 Å². The van der Waals surface area contributed by atoms with Gasteiger partial charge in [-0.3, -0.25) is 0 Å². The van der Waals surface area contributed by atoms with Crippen LogP contribution in [-0.2, 0) is 0 Å². The van der Waals surface area contributed by atoms with Crippen molar-refractivity contribution < 1.29 is 4.74 Å². The van der Waals surface area contributed by atoms with Gasteiger partial charge < -0.3 is 10.1 Å². The first kappa shape index (κ1) is 17.0. The molecule has 6 heteroatoms. The summed E-state index contributed by atoms with van der Waals surface area (Å²) in [6.07, 6.45) is 3.35. The minimum absolute atomic E-state index is 0.650. The van der Waals surface area contributed by atoms with E-state index in [0.717, 1.165) is 39.5 Å². The highest BCUT2D eigenvalue weighted by molar-refractivity contribution is 5.89. The van der Waals surface area contributed by atoms with Crippen LogP contribution in [0.3, 0.4) is 0 Å². The molecule has 0 aliphatic carbocycles. The molecule has 27 heavy (non-hydrogen) atoms. The second-order valence-corrected chi connectivity index (χ2v) is 6.39. The Kier molecular flexibility index (Phi) is 4.46. The smallest absolute Gasteiger partial charge is 0.168 e. The number of rotatable bonds is 5. The topological polar surface area (TPSA) is 64.9 Å². The fraction of sp³-hybridized carbons (Fsp3) is 0.190. The molecule has 0 unspecified atom stereocenters. The van der Waals surface area contributed by atoms with Crippen molar-refractivity contribution in [1.82, 2.24) is 19.7 Å². The van der Waals surface area contributed by atoms with Crippen LogP contribution < -0.4 is 10.1 Å². The third kappa shape index (κ3) is 3.33. The summed E-state index contributed by atoms with van der Waals surface area (Å²) >= 11 is 0. The van der Waals surface area contributed by atoms with Gasteiger partial charge in [-0.05, 0) is 56.7 Å². The van der Waals surface area contributed by atoms with Crippen LogP contribution in [0.15, 0.2) is 55.0 Å². The van der Waals surface area contributed by atoms with Gasteiger partial charge in [-0.1, -0.05) is 17.7 Å². The van der Waals surface area contributed by atoms with E-state index in [9.17, 15) is 0 Å². The van der Waals surface area contributed by atoms with Crippen molar-refractivity contribution in [1.29, 1.82) is 0 Å². The molecule has 6 nitrogen and oxygen atoms in total. The number of hydrogen-bond donors (Lipinski definition) is 1. The zero-order chi connectivity index (χ0) is 18.8. The van der Waals surface area contributed by atoms with E-state index in [2.05, 4.69) is 52.4 Å². The van der Waals surface area contributed by atoms with E-state index in [1.807, 2.05) is 35.9 Å². The molecule has 0 bridgehead atoms. The largest absolute Gasteiger partial charge is 0.494 e. The molecule has 0 atom stereocenters. The second kappa shape index (κ2) is 7.07. The summed E-state index contributed by atoms with van der Waals surface area (Å²) in [5.41, 5.74) is 5.09. The number of hydrogen-bond acceptors (Lipinski definition) is 5. The molecule has 0 amide bonds. The zero-order valence-corrected chi connectivity index (χ0v) is 15.6. The van der Waals surface area contributed by atoms with Crippen LogP contribution in [0.25, 0.3) is 16.7 Å². The van der Waals surface area contributed by atoms with Crippen LogP contribution in [0.2, 0.25) is 0 Å². The third-order valence-corrected chi connectivity index (χ3v) is 4.37. The van der Waals surface area contributed by atoms with E-state index in [-0.39, 0.29) is 0 Å². The lowest BCUT2D eigenvalue weighted by atomic mass is 10.1. The van der Waals surface area contributed by atoms with Gasteiger partial charge in [0.2, 0.25) is 0 Å². The summed E-state index contributed by atoms with van der Waals surface area (Å²) in [5.74, 6) is 1.57. The number of aromatic nitrogens is 4. The Morgan fingerprint density at radius 3 is 2.59 bits per heavy atom. The molecular weight excluding hydrogens is 338 g/mol. The SMILES string of the molecule is CCOc1ccc(Nc2ncnc3c2cnn3-c2ccc(C)cc2C)cc1. The van der Waals surface area contributed by atoms with Crippen LogP contribution in [-0.4, -0.2) is 26.4 Å². The molecule has 0 saturated heterocycles. The zero-order valence-electron chi connectivity index (χ0n) is 15.6. The maximum Gasteiger partial charge on any atom is 0.168 e. The molecule has 0 fully saturated rings. The van der Waals surface area contributed by atoms with E-state index >= 15 is 0 Å². The van der Waals surface area contributed by atoms with Gasteiger partial charge in [-0.2, -0.15) is 5.10 Å². The highest BCUT2D eigenvalue weighted by atomic mass is 16.5. The van der Waals surface area contributed by atoms with Crippen LogP contribution >= 0.6 is 0 Å². The summed E-state index contributed by atoms with van der Waals surface area (Å²) in [5, 5.41) is 8.76. The molecule has 1 N–H and O–H groups in total. The lowest BCUT2D eigenvalue weighted by Gasteiger charge is -2.09. The summed E-state index contributed by atoms with van der Waals surface area (Å²) in [6.45, 7) is 6.78. The van der Waals surface area contributed by atoms with Crippen molar-refractivity contribution in [3.63, 3.8) is 0 Å². The molecular formula is C21H21N5O. The summed E-state index contributed by atoms with van der Waals surface area (Å²) in [6, 6.07) is 14.1. The van der Waals surface area contributed by atoms with Gasteiger partial charge >= 0.3 is 0 Å². The lowest BCUT2D eigenvalue weighted by molar-refractivity contribution is 0.340. The number of nitrogens with one attached hydrogen (secondary N) is 1. The molecule has 2 heterocycles. The van der Waals surface area contributed by atoms with E-state index in [0.29, 0.717) is 6.61 Å². The first-order valence-electron chi connectivity index (χ1n) is 8.92. The predicted molar refractivity (Wildman–Crippen MR) is 107 cm³/mol. The van der Waals surface area contributed by atoms with Crippen LogP contribution in [0, 0.1) is 13.8 Å². The van der Waals surface area contributed by atoms with Crippen LogP contribution in [0.4, 0.5) is 11.5 Å². The quantitative estimate of drug-likeness (QED) is 0.565. The van der Waals surface area contributed by atoms with Crippen molar-refractivity contribution in [3.8, 4) is 11.4 Å². The Morgan fingerprint density at radius 1 is 1.04 bits per heavy atom. The minimum Gasteiger partial charge on any atom is -0.494 e. The molecule has 0 aliphatic rings. The molecule has 0 aliphatic heterocycles. The number of nitrogens with zero attached hydrogens (tertiary/aromatic N) is 4. The maximum atomic E-state index is 5.49. The van der Waals surface area contributed by atoms with Crippen LogP contribution in [0.1, 0.15) is 18.1 Å². The first-order valence-corrected chi connectivity index (χ1v) is 8.92. The van der Waals surface area contributed by atoms with Crippen LogP contribution in [0.5, 0.6) is 5.75 Å². The average Bonchev–Trinajstić information content (AvgIpc) is 3.09. The Labute approximate surface area is 157 Å². The van der Waals surface area contributed by atoms with E-state index in [4.69, 9.17) is 4.74 Å². The fourth-order valence-corrected chi connectivity index (χ4v) is 3.10. The third-order valence-electron chi connectivity index (χ3n) is 4.37. The summed E-state index contributed by atoms with van der Waals surface area (Å²) in [4.78, 5) is 8.85. The fourth-order valence-electron chi connectivity index (χ4n) is 3.10. The molecule has 0 saturated carbocycles. The summed E-state index contributed by atoms with van der Waals surface area (Å²) in [7, 11) is 0. The van der Waals surface area contributed by atoms with Gasteiger partial charge in [0.1, 0.15) is 17.9 Å². The number of anilines is 2. The van der Waals surface area contributed by atoms with E-state index in [1.54, 1.807) is 12.5 Å². The highest BCUT2D eigenvalue weighted by Gasteiger charge is 2.13. The standard InChI is InChI=1S/C21H21N5O/c1-4-27-17-8-6-16(7-9-17)25-20-18-12-24-26(21(18)23-13-22-20)19-10-5-14(2)11-15(19)3/h5-13H,4H2,1-3H3,(H,22,23,25). The Bertz CT molecular complexity index is 1090. The monoisotopic (exact) mass is 359 g/mol. The average molecular weight is 359 g/mol. The number of benzene rings is 2. The second-order valence-electron chi connectivity index (χ2n) is 6.39. The maximum absolute atomic E-state index is 5.49. The minimum atomic E-state index is 0.650. The van der Waals surface area contributed by atoms with E-state index in [1.165, 1.54) is 5.56 Å². The Hall–Kier alpha value is -3.41. The van der Waals surface area contributed by atoms with E-state index < -0.39 is 0 Å². The molecule has 0 radical (unpaired) electrons. The summed E-state index contributed by atoms with van der Waals surface area (Å²) < 4.78 is 7.34. The van der Waals surface area contributed by atoms with Crippen molar-refractivity contribution >= 4 is 22.5 Å². The Morgan fingerprint density at radius 2 is 1.85 bits per heavy atom. The normalized spacial score (nSPS) is 10.9. The molecule has 4 aromatic rings.